The molecule has 90 valence electrons. The topological polar surface area (TPSA) is 39.8 Å². The summed E-state index contributed by atoms with van der Waals surface area (Å²) in [5.41, 5.74) is 4.69. The van der Waals surface area contributed by atoms with E-state index in [0.717, 1.165) is 28.2 Å². The zero-order valence-electron chi connectivity index (χ0n) is 10.9. The lowest BCUT2D eigenvalue weighted by atomic mass is 10.1. The van der Waals surface area contributed by atoms with Crippen molar-refractivity contribution >= 4 is 0 Å². The molecule has 0 unspecified atom stereocenters. The Kier molecular flexibility index (Phi) is 2.65. The van der Waals surface area contributed by atoms with Gasteiger partial charge in [-0.3, -0.25) is 9.48 Å². The summed E-state index contributed by atoms with van der Waals surface area (Å²) >= 11 is 0. The minimum absolute atomic E-state index is 0.0360. The van der Waals surface area contributed by atoms with Gasteiger partial charge in [0.15, 0.2) is 0 Å². The van der Waals surface area contributed by atoms with E-state index in [-0.39, 0.29) is 5.56 Å². The molecule has 0 aliphatic heterocycles. The molecule has 0 bridgehead atoms. The van der Waals surface area contributed by atoms with E-state index in [9.17, 15) is 4.79 Å². The van der Waals surface area contributed by atoms with E-state index in [4.69, 9.17) is 0 Å². The molecule has 0 saturated carbocycles. The highest BCUT2D eigenvalue weighted by molar-refractivity contribution is 5.60. The van der Waals surface area contributed by atoms with Crippen molar-refractivity contribution in [1.29, 1.82) is 0 Å². The van der Waals surface area contributed by atoms with Crippen molar-refractivity contribution in [2.45, 2.75) is 20.8 Å². The van der Waals surface area contributed by atoms with Gasteiger partial charge < -0.3 is 4.57 Å². The van der Waals surface area contributed by atoms with Gasteiger partial charge in [0.2, 0.25) is 0 Å². The lowest BCUT2D eigenvalue weighted by Gasteiger charge is -2.10. The van der Waals surface area contributed by atoms with Crippen molar-refractivity contribution in [2.75, 3.05) is 0 Å². The summed E-state index contributed by atoms with van der Waals surface area (Å²) < 4.78 is 3.49. The van der Waals surface area contributed by atoms with E-state index in [2.05, 4.69) is 5.10 Å². The summed E-state index contributed by atoms with van der Waals surface area (Å²) in [6.07, 6.45) is 0. The molecule has 4 heteroatoms. The highest BCUT2D eigenvalue weighted by Gasteiger charge is 2.12. The predicted molar refractivity (Wildman–Crippen MR) is 68.1 cm³/mol. The summed E-state index contributed by atoms with van der Waals surface area (Å²) in [4.78, 5) is 11.9. The standard InChI is InChI=1S/C13H17N3O/c1-8-6-9(2)13(17)15(4)12(8)11-7-10(3)16(5)14-11/h6-7H,1-5H3. The van der Waals surface area contributed by atoms with Crippen LogP contribution in [0.15, 0.2) is 16.9 Å². The van der Waals surface area contributed by atoms with Gasteiger partial charge in [-0.25, -0.2) is 0 Å². The number of nitrogens with zero attached hydrogens (tertiary/aromatic N) is 3. The minimum Gasteiger partial charge on any atom is -0.309 e. The summed E-state index contributed by atoms with van der Waals surface area (Å²) in [5, 5.41) is 4.43. The second-order valence-electron chi connectivity index (χ2n) is 4.52. The SMILES string of the molecule is Cc1cc(C)c(=O)n(C)c1-c1cc(C)n(C)n1. The molecule has 0 N–H and O–H groups in total. The Morgan fingerprint density at radius 1 is 1.06 bits per heavy atom. The molecule has 0 spiro atoms. The molecule has 0 aliphatic carbocycles. The largest absolute Gasteiger partial charge is 0.309 e. The van der Waals surface area contributed by atoms with E-state index >= 15 is 0 Å². The maximum atomic E-state index is 11.9. The fraction of sp³-hybridized carbons (Fsp3) is 0.385. The van der Waals surface area contributed by atoms with Crippen LogP contribution in [0.3, 0.4) is 0 Å². The fourth-order valence-corrected chi connectivity index (χ4v) is 2.14. The second kappa shape index (κ2) is 3.87. The average molecular weight is 231 g/mol. The fourth-order valence-electron chi connectivity index (χ4n) is 2.14. The van der Waals surface area contributed by atoms with Gasteiger partial charge in [0.05, 0.1) is 5.69 Å². The van der Waals surface area contributed by atoms with E-state index in [0.29, 0.717) is 0 Å². The van der Waals surface area contributed by atoms with Gasteiger partial charge >= 0.3 is 0 Å². The summed E-state index contributed by atoms with van der Waals surface area (Å²) in [5.74, 6) is 0. The van der Waals surface area contributed by atoms with Gasteiger partial charge in [0, 0.05) is 25.4 Å². The minimum atomic E-state index is 0.0360. The Hall–Kier alpha value is -1.84. The number of rotatable bonds is 1. The first-order valence-electron chi connectivity index (χ1n) is 5.60. The monoisotopic (exact) mass is 231 g/mol. The second-order valence-corrected chi connectivity index (χ2v) is 4.52. The number of aryl methyl sites for hydroxylation is 4. The average Bonchev–Trinajstić information content (AvgIpc) is 2.56. The molecule has 0 saturated heterocycles. The zero-order chi connectivity index (χ0) is 12.7. The Balaban J connectivity index is 2.76. The van der Waals surface area contributed by atoms with Crippen LogP contribution < -0.4 is 5.56 Å². The van der Waals surface area contributed by atoms with Crippen LogP contribution in [0.1, 0.15) is 16.8 Å². The van der Waals surface area contributed by atoms with Crippen LogP contribution in [-0.2, 0) is 14.1 Å². The van der Waals surface area contributed by atoms with Crippen molar-refractivity contribution in [1.82, 2.24) is 14.3 Å². The quantitative estimate of drug-likeness (QED) is 0.749. The third-order valence-corrected chi connectivity index (χ3v) is 3.14. The van der Waals surface area contributed by atoms with Crippen molar-refractivity contribution in [3.8, 4) is 11.4 Å². The molecule has 0 atom stereocenters. The lowest BCUT2D eigenvalue weighted by molar-refractivity contribution is 0.737. The van der Waals surface area contributed by atoms with Crippen molar-refractivity contribution in [2.24, 2.45) is 14.1 Å². The van der Waals surface area contributed by atoms with Crippen LogP contribution in [0.2, 0.25) is 0 Å². The Morgan fingerprint density at radius 2 is 1.71 bits per heavy atom. The highest BCUT2D eigenvalue weighted by atomic mass is 16.1. The molecule has 2 heterocycles. The van der Waals surface area contributed by atoms with Gasteiger partial charge in [-0.15, -0.1) is 0 Å². The van der Waals surface area contributed by atoms with Crippen molar-refractivity contribution in [3.05, 3.63) is 39.3 Å². The van der Waals surface area contributed by atoms with Crippen LogP contribution >= 0.6 is 0 Å². The highest BCUT2D eigenvalue weighted by Crippen LogP contribution is 2.21. The van der Waals surface area contributed by atoms with E-state index in [1.807, 2.05) is 44.6 Å². The first kappa shape index (κ1) is 11.6. The van der Waals surface area contributed by atoms with E-state index in [1.54, 1.807) is 11.6 Å². The van der Waals surface area contributed by atoms with Gasteiger partial charge in [-0.05, 0) is 38.5 Å². The summed E-state index contributed by atoms with van der Waals surface area (Å²) in [6.45, 7) is 5.84. The molecule has 0 aromatic carbocycles. The summed E-state index contributed by atoms with van der Waals surface area (Å²) in [7, 11) is 3.70. The van der Waals surface area contributed by atoms with Crippen molar-refractivity contribution in [3.63, 3.8) is 0 Å². The first-order valence-corrected chi connectivity index (χ1v) is 5.60. The molecule has 0 aliphatic rings. The molecule has 0 radical (unpaired) electrons. The van der Waals surface area contributed by atoms with E-state index < -0.39 is 0 Å². The number of hydrogen-bond acceptors (Lipinski definition) is 2. The molecule has 2 rings (SSSR count). The lowest BCUT2D eigenvalue weighted by Crippen LogP contribution is -2.21. The smallest absolute Gasteiger partial charge is 0.253 e. The molecule has 2 aromatic rings. The van der Waals surface area contributed by atoms with Crippen LogP contribution in [0.25, 0.3) is 11.4 Å². The maximum absolute atomic E-state index is 11.9. The van der Waals surface area contributed by atoms with Crippen LogP contribution in [-0.4, -0.2) is 14.3 Å². The normalized spacial score (nSPS) is 10.9. The van der Waals surface area contributed by atoms with E-state index in [1.165, 1.54) is 0 Å². The molecule has 17 heavy (non-hydrogen) atoms. The molecular weight excluding hydrogens is 214 g/mol. The Labute approximate surface area is 101 Å². The number of pyridine rings is 1. The van der Waals surface area contributed by atoms with Crippen LogP contribution in [0, 0.1) is 20.8 Å². The van der Waals surface area contributed by atoms with Crippen molar-refractivity contribution < 1.29 is 0 Å². The Morgan fingerprint density at radius 3 is 2.24 bits per heavy atom. The van der Waals surface area contributed by atoms with Gasteiger partial charge in [-0.1, -0.05) is 0 Å². The van der Waals surface area contributed by atoms with Gasteiger partial charge in [0.1, 0.15) is 5.69 Å². The number of aromatic nitrogens is 3. The molecule has 4 nitrogen and oxygen atoms in total. The predicted octanol–water partition coefficient (Wildman–Crippen LogP) is 1.71. The number of hydrogen-bond donors (Lipinski definition) is 0. The molecule has 2 aromatic heterocycles. The van der Waals surface area contributed by atoms with Gasteiger partial charge in [-0.2, -0.15) is 5.10 Å². The molecule has 0 amide bonds. The summed E-state index contributed by atoms with van der Waals surface area (Å²) in [6, 6.07) is 3.92. The van der Waals surface area contributed by atoms with Crippen LogP contribution in [0.5, 0.6) is 0 Å². The third kappa shape index (κ3) is 1.79. The van der Waals surface area contributed by atoms with Gasteiger partial charge in [0.25, 0.3) is 5.56 Å². The zero-order valence-corrected chi connectivity index (χ0v) is 10.9. The first-order chi connectivity index (χ1) is 7.91. The molecular formula is C13H17N3O. The maximum Gasteiger partial charge on any atom is 0.253 e. The Bertz CT molecular complexity index is 615. The van der Waals surface area contributed by atoms with Crippen LogP contribution in [0.4, 0.5) is 0 Å². The molecule has 0 fully saturated rings. The third-order valence-electron chi connectivity index (χ3n) is 3.14.